The van der Waals surface area contributed by atoms with E-state index in [0.717, 1.165) is 0 Å². The maximum Gasteiger partial charge on any atom is 0.308 e. The molecule has 5 heteroatoms. The number of carboxylic acid groups (broad SMARTS) is 1. The van der Waals surface area contributed by atoms with Crippen molar-refractivity contribution in [2.24, 2.45) is 0 Å². The first kappa shape index (κ1) is 9.39. The molecule has 2 rings (SSSR count). The van der Waals surface area contributed by atoms with E-state index in [2.05, 4.69) is 10.1 Å². The van der Waals surface area contributed by atoms with Crippen LogP contribution in [0.4, 0.5) is 0 Å². The molecule has 0 aromatic carbocycles. The third kappa shape index (κ3) is 2.01. The molecule has 0 fully saturated rings. The van der Waals surface area contributed by atoms with E-state index in [-0.39, 0.29) is 6.42 Å². The van der Waals surface area contributed by atoms with Crippen LogP contribution in [0.3, 0.4) is 0 Å². The summed E-state index contributed by atoms with van der Waals surface area (Å²) in [6, 6.07) is 5.34. The van der Waals surface area contributed by atoms with Crippen LogP contribution < -0.4 is 0 Å². The van der Waals surface area contributed by atoms with Gasteiger partial charge in [-0.15, -0.1) is 0 Å². The van der Waals surface area contributed by atoms with Crippen LogP contribution in [-0.2, 0) is 11.2 Å². The van der Waals surface area contributed by atoms with Gasteiger partial charge in [-0.05, 0) is 12.1 Å². The molecule has 0 aliphatic heterocycles. The molecule has 2 heterocycles. The molecule has 76 valence electrons. The van der Waals surface area contributed by atoms with Crippen LogP contribution in [0.15, 0.2) is 35.2 Å². The summed E-state index contributed by atoms with van der Waals surface area (Å²) in [7, 11) is 0. The van der Waals surface area contributed by atoms with Crippen LogP contribution in [0.25, 0.3) is 11.4 Å². The Bertz CT molecular complexity index is 465. The van der Waals surface area contributed by atoms with Gasteiger partial charge in [0.05, 0.1) is 12.1 Å². The Morgan fingerprint density at radius 1 is 1.47 bits per heavy atom. The van der Waals surface area contributed by atoms with Crippen LogP contribution in [0.1, 0.15) is 5.56 Å². The summed E-state index contributed by atoms with van der Waals surface area (Å²) in [5, 5.41) is 12.4. The van der Waals surface area contributed by atoms with Crippen molar-refractivity contribution in [3.8, 4) is 11.4 Å². The van der Waals surface area contributed by atoms with Crippen molar-refractivity contribution in [1.82, 2.24) is 10.1 Å². The SMILES string of the molecule is O=C(O)Cc1conc1-c1ccccn1. The average molecular weight is 204 g/mol. The van der Waals surface area contributed by atoms with Crippen LogP contribution in [0, 0.1) is 0 Å². The van der Waals surface area contributed by atoms with E-state index in [9.17, 15) is 4.79 Å². The van der Waals surface area contributed by atoms with E-state index < -0.39 is 5.97 Å². The molecule has 1 N–H and O–H groups in total. The number of aliphatic carboxylic acids is 1. The van der Waals surface area contributed by atoms with Crippen molar-refractivity contribution < 1.29 is 14.4 Å². The van der Waals surface area contributed by atoms with Gasteiger partial charge in [0.25, 0.3) is 0 Å². The lowest BCUT2D eigenvalue weighted by atomic mass is 10.1. The van der Waals surface area contributed by atoms with Gasteiger partial charge in [0, 0.05) is 11.8 Å². The standard InChI is InChI=1S/C10H8N2O3/c13-9(14)5-7-6-15-12-10(7)8-3-1-2-4-11-8/h1-4,6H,5H2,(H,13,14). The Labute approximate surface area is 85.4 Å². The number of carboxylic acids is 1. The molecule has 0 bridgehead atoms. The quantitative estimate of drug-likeness (QED) is 0.816. The molecule has 0 saturated carbocycles. The Kier molecular flexibility index (Phi) is 2.45. The lowest BCUT2D eigenvalue weighted by Gasteiger charge is -1.96. The maximum absolute atomic E-state index is 10.6. The zero-order valence-electron chi connectivity index (χ0n) is 7.75. The van der Waals surface area contributed by atoms with E-state index in [0.29, 0.717) is 17.0 Å². The lowest BCUT2D eigenvalue weighted by molar-refractivity contribution is -0.136. The highest BCUT2D eigenvalue weighted by atomic mass is 16.5. The lowest BCUT2D eigenvalue weighted by Crippen LogP contribution is -2.00. The van der Waals surface area contributed by atoms with E-state index in [4.69, 9.17) is 9.63 Å². The number of carbonyl (C=O) groups is 1. The predicted molar refractivity (Wildman–Crippen MR) is 51.1 cm³/mol. The summed E-state index contributed by atoms with van der Waals surface area (Å²) in [6.45, 7) is 0. The van der Waals surface area contributed by atoms with Gasteiger partial charge in [-0.3, -0.25) is 9.78 Å². The minimum absolute atomic E-state index is 0.116. The molecule has 0 spiro atoms. The molecule has 0 saturated heterocycles. The van der Waals surface area contributed by atoms with Gasteiger partial charge in [-0.2, -0.15) is 0 Å². The second-order valence-electron chi connectivity index (χ2n) is 2.97. The van der Waals surface area contributed by atoms with Gasteiger partial charge in [0.15, 0.2) is 0 Å². The van der Waals surface area contributed by atoms with Gasteiger partial charge in [-0.25, -0.2) is 0 Å². The first-order valence-electron chi connectivity index (χ1n) is 4.34. The summed E-state index contributed by atoms with van der Waals surface area (Å²) >= 11 is 0. The Balaban J connectivity index is 2.37. The summed E-state index contributed by atoms with van der Waals surface area (Å²) in [6.07, 6.45) is 2.84. The smallest absolute Gasteiger partial charge is 0.308 e. The molecular formula is C10H8N2O3. The Morgan fingerprint density at radius 3 is 3.00 bits per heavy atom. The highest BCUT2D eigenvalue weighted by molar-refractivity contribution is 5.73. The molecule has 0 aliphatic rings. The topological polar surface area (TPSA) is 76.2 Å². The van der Waals surface area contributed by atoms with Crippen molar-refractivity contribution in [3.05, 3.63) is 36.2 Å². The zero-order chi connectivity index (χ0) is 10.7. The average Bonchev–Trinajstić information content (AvgIpc) is 2.66. The molecule has 5 nitrogen and oxygen atoms in total. The van der Waals surface area contributed by atoms with E-state index >= 15 is 0 Å². The molecule has 0 radical (unpaired) electrons. The van der Waals surface area contributed by atoms with Crippen LogP contribution in [0.5, 0.6) is 0 Å². The number of hydrogen-bond acceptors (Lipinski definition) is 4. The summed E-state index contributed by atoms with van der Waals surface area (Å²) in [5.41, 5.74) is 1.63. The molecule has 0 aliphatic carbocycles. The maximum atomic E-state index is 10.6. The Hall–Kier alpha value is -2.17. The van der Waals surface area contributed by atoms with Gasteiger partial charge < -0.3 is 9.63 Å². The van der Waals surface area contributed by atoms with Crippen molar-refractivity contribution in [3.63, 3.8) is 0 Å². The fourth-order valence-corrected chi connectivity index (χ4v) is 1.26. The third-order valence-corrected chi connectivity index (χ3v) is 1.89. The summed E-state index contributed by atoms with van der Waals surface area (Å²) < 4.78 is 4.75. The zero-order valence-corrected chi connectivity index (χ0v) is 7.75. The minimum atomic E-state index is -0.921. The predicted octanol–water partition coefficient (Wildman–Crippen LogP) is 1.36. The van der Waals surface area contributed by atoms with Gasteiger partial charge in [0.1, 0.15) is 12.0 Å². The fourth-order valence-electron chi connectivity index (χ4n) is 1.26. The van der Waals surface area contributed by atoms with Crippen molar-refractivity contribution >= 4 is 5.97 Å². The minimum Gasteiger partial charge on any atom is -0.481 e. The first-order chi connectivity index (χ1) is 7.27. The highest BCUT2D eigenvalue weighted by Crippen LogP contribution is 2.19. The van der Waals surface area contributed by atoms with E-state index in [1.807, 2.05) is 6.07 Å². The summed E-state index contributed by atoms with van der Waals surface area (Å²) in [5.74, 6) is -0.921. The molecule has 2 aromatic rings. The van der Waals surface area contributed by atoms with E-state index in [1.54, 1.807) is 18.3 Å². The number of aromatic nitrogens is 2. The monoisotopic (exact) mass is 204 g/mol. The molecule has 0 amide bonds. The number of pyridine rings is 1. The van der Waals surface area contributed by atoms with Crippen LogP contribution >= 0.6 is 0 Å². The summed E-state index contributed by atoms with van der Waals surface area (Å²) in [4.78, 5) is 14.6. The number of hydrogen-bond donors (Lipinski definition) is 1. The molecule has 0 atom stereocenters. The molecule has 2 aromatic heterocycles. The normalized spacial score (nSPS) is 10.1. The largest absolute Gasteiger partial charge is 0.481 e. The second kappa shape index (κ2) is 3.91. The third-order valence-electron chi connectivity index (χ3n) is 1.89. The number of nitrogens with zero attached hydrogens (tertiary/aromatic N) is 2. The molecule has 15 heavy (non-hydrogen) atoms. The van der Waals surface area contributed by atoms with Crippen molar-refractivity contribution in [1.29, 1.82) is 0 Å². The highest BCUT2D eigenvalue weighted by Gasteiger charge is 2.13. The van der Waals surface area contributed by atoms with Gasteiger partial charge >= 0.3 is 5.97 Å². The van der Waals surface area contributed by atoms with Gasteiger partial charge in [0.2, 0.25) is 0 Å². The van der Waals surface area contributed by atoms with Gasteiger partial charge in [-0.1, -0.05) is 11.2 Å². The molecular weight excluding hydrogens is 196 g/mol. The van der Waals surface area contributed by atoms with Crippen molar-refractivity contribution in [2.75, 3.05) is 0 Å². The number of rotatable bonds is 3. The van der Waals surface area contributed by atoms with Crippen LogP contribution in [-0.4, -0.2) is 21.2 Å². The van der Waals surface area contributed by atoms with Crippen molar-refractivity contribution in [2.45, 2.75) is 6.42 Å². The fraction of sp³-hybridized carbons (Fsp3) is 0.100. The molecule has 0 unspecified atom stereocenters. The van der Waals surface area contributed by atoms with Crippen LogP contribution in [0.2, 0.25) is 0 Å². The Morgan fingerprint density at radius 2 is 2.33 bits per heavy atom. The van der Waals surface area contributed by atoms with E-state index in [1.165, 1.54) is 6.26 Å². The first-order valence-corrected chi connectivity index (χ1v) is 4.34. The second-order valence-corrected chi connectivity index (χ2v) is 2.97.